The molecule has 9 nitrogen and oxygen atoms in total. The van der Waals surface area contributed by atoms with E-state index >= 15 is 0 Å². The Balaban J connectivity index is 2.08. The summed E-state index contributed by atoms with van der Waals surface area (Å²) in [4.78, 5) is 0.889. The van der Waals surface area contributed by atoms with Crippen LogP contribution in [0.25, 0.3) is 11.3 Å². The number of nitrogen functional groups attached to an aromatic ring is 1. The summed E-state index contributed by atoms with van der Waals surface area (Å²) in [6.07, 6.45) is 1.43. The highest BCUT2D eigenvalue weighted by Crippen LogP contribution is 2.41. The number of anilines is 2. The first-order valence-corrected chi connectivity index (χ1v) is 12.4. The van der Waals surface area contributed by atoms with Gasteiger partial charge in [-0.2, -0.15) is 8.42 Å². The second kappa shape index (κ2) is 8.83. The molecule has 0 aliphatic heterocycles. The zero-order chi connectivity index (χ0) is 25.5. The summed E-state index contributed by atoms with van der Waals surface area (Å²) in [5.41, 5.74) is 8.35. The highest BCUT2D eigenvalue weighted by molar-refractivity contribution is 7.88. The Morgan fingerprint density at radius 3 is 2.03 bits per heavy atom. The van der Waals surface area contributed by atoms with Gasteiger partial charge in [-0.3, -0.25) is 4.28 Å². The fourth-order valence-electron chi connectivity index (χ4n) is 3.63. The first-order chi connectivity index (χ1) is 15.6. The number of benzene rings is 2. The molecule has 0 unspecified atom stereocenters. The van der Waals surface area contributed by atoms with E-state index in [0.717, 1.165) is 20.3 Å². The molecule has 0 aliphatic rings. The van der Waals surface area contributed by atoms with Crippen LogP contribution in [0.2, 0.25) is 0 Å². The minimum Gasteiger partial charge on any atom is -0.507 e. The van der Waals surface area contributed by atoms with Gasteiger partial charge in [0, 0.05) is 28.9 Å². The van der Waals surface area contributed by atoms with Crippen molar-refractivity contribution in [3.63, 3.8) is 0 Å². The molecule has 0 saturated heterocycles. The molecule has 0 bridgehead atoms. The van der Waals surface area contributed by atoms with E-state index in [2.05, 4.69) is 10.3 Å². The number of rotatable bonds is 6. The van der Waals surface area contributed by atoms with Crippen molar-refractivity contribution in [2.24, 2.45) is 0 Å². The number of aromatic hydroxyl groups is 1. The number of aromatic nitrogens is 3. The van der Waals surface area contributed by atoms with E-state index in [9.17, 15) is 13.5 Å². The lowest BCUT2D eigenvalue weighted by molar-refractivity contribution is 0.236. The van der Waals surface area contributed by atoms with Crippen LogP contribution < -0.4 is 14.3 Å². The maximum Gasteiger partial charge on any atom is 0.429 e. The summed E-state index contributed by atoms with van der Waals surface area (Å²) in [5, 5.41) is 18.8. The van der Waals surface area contributed by atoms with Gasteiger partial charge in [0.05, 0.1) is 11.9 Å². The van der Waals surface area contributed by atoms with E-state index in [-0.39, 0.29) is 23.1 Å². The molecule has 34 heavy (non-hydrogen) atoms. The summed E-state index contributed by atoms with van der Waals surface area (Å²) in [6, 6.07) is 10.1. The van der Waals surface area contributed by atoms with Gasteiger partial charge in [0.15, 0.2) is 0 Å². The molecule has 3 N–H and O–H groups in total. The number of phenols is 1. The summed E-state index contributed by atoms with van der Waals surface area (Å²) >= 11 is 0. The Morgan fingerprint density at radius 2 is 1.56 bits per heavy atom. The topological polar surface area (TPSA) is 124 Å². The van der Waals surface area contributed by atoms with Crippen LogP contribution in [0, 0.1) is 0 Å². The summed E-state index contributed by atoms with van der Waals surface area (Å²) < 4.78 is 32.8. The van der Waals surface area contributed by atoms with Gasteiger partial charge in [-0.15, -0.1) is 5.10 Å². The van der Waals surface area contributed by atoms with Crippen molar-refractivity contribution >= 4 is 21.7 Å². The molecular formula is C24H33N5O4S. The van der Waals surface area contributed by atoms with E-state index in [1.165, 1.54) is 6.20 Å². The fourth-order valence-corrected chi connectivity index (χ4v) is 4.70. The highest BCUT2D eigenvalue weighted by atomic mass is 32.2. The number of hydrogen-bond acceptors (Lipinski definition) is 7. The molecule has 1 heterocycles. The van der Waals surface area contributed by atoms with Gasteiger partial charge in [-0.05, 0) is 59.4 Å². The standard InChI is InChI=1S/C24H33N5O4S/c1-8-28(18-11-9-17(25)10-12-18)34(31,32)33-29-21(15-26-27-29)16-13-19(23(2,3)4)22(30)20(14-16)24(5,6)7/h9-15,30H,8,25H2,1-7H3. The van der Waals surface area contributed by atoms with Crippen LogP contribution >= 0.6 is 0 Å². The van der Waals surface area contributed by atoms with Crippen molar-refractivity contribution in [3.8, 4) is 17.0 Å². The lowest BCUT2D eigenvalue weighted by Gasteiger charge is -2.28. The lowest BCUT2D eigenvalue weighted by atomic mass is 9.78. The van der Waals surface area contributed by atoms with Gasteiger partial charge in [-0.1, -0.05) is 46.4 Å². The number of nitrogens with zero attached hydrogens (tertiary/aromatic N) is 4. The first kappa shape index (κ1) is 25.4. The molecule has 0 radical (unpaired) electrons. The largest absolute Gasteiger partial charge is 0.507 e. The predicted octanol–water partition coefficient (Wildman–Crippen LogP) is 4.03. The molecule has 0 spiro atoms. The summed E-state index contributed by atoms with van der Waals surface area (Å²) in [6.45, 7) is 13.8. The van der Waals surface area contributed by atoms with Crippen LogP contribution in [-0.2, 0) is 21.1 Å². The van der Waals surface area contributed by atoms with E-state index in [1.807, 2.05) is 53.7 Å². The first-order valence-electron chi connectivity index (χ1n) is 11.0. The predicted molar refractivity (Wildman–Crippen MR) is 134 cm³/mol. The van der Waals surface area contributed by atoms with Crippen LogP contribution in [0.5, 0.6) is 5.75 Å². The van der Waals surface area contributed by atoms with E-state index in [0.29, 0.717) is 22.6 Å². The van der Waals surface area contributed by atoms with Crippen molar-refractivity contribution < 1.29 is 17.8 Å². The van der Waals surface area contributed by atoms with Crippen molar-refractivity contribution in [2.45, 2.75) is 59.3 Å². The second-order valence-electron chi connectivity index (χ2n) is 10.2. The van der Waals surface area contributed by atoms with Crippen molar-refractivity contribution in [2.75, 3.05) is 16.6 Å². The average molecular weight is 488 g/mol. The third-order valence-electron chi connectivity index (χ3n) is 5.44. The number of phenolic OH excluding ortho intramolecular Hbond substituents is 1. The van der Waals surface area contributed by atoms with Crippen LogP contribution in [0.4, 0.5) is 11.4 Å². The molecule has 0 saturated carbocycles. The lowest BCUT2D eigenvalue weighted by Crippen LogP contribution is -2.38. The molecule has 0 aliphatic carbocycles. The molecule has 1 aromatic heterocycles. The Bertz CT molecular complexity index is 1230. The van der Waals surface area contributed by atoms with Gasteiger partial charge < -0.3 is 10.8 Å². The normalized spacial score (nSPS) is 12.6. The smallest absolute Gasteiger partial charge is 0.429 e. The zero-order valence-electron chi connectivity index (χ0n) is 20.7. The van der Waals surface area contributed by atoms with Gasteiger partial charge in [0.25, 0.3) is 0 Å². The third-order valence-corrected chi connectivity index (χ3v) is 6.78. The Hall–Kier alpha value is -3.27. The third kappa shape index (κ3) is 5.11. The van der Waals surface area contributed by atoms with E-state index in [1.54, 1.807) is 31.2 Å². The van der Waals surface area contributed by atoms with E-state index in [4.69, 9.17) is 10.0 Å². The van der Waals surface area contributed by atoms with Crippen LogP contribution in [0.3, 0.4) is 0 Å². The van der Waals surface area contributed by atoms with Crippen molar-refractivity contribution in [1.82, 2.24) is 15.2 Å². The van der Waals surface area contributed by atoms with E-state index < -0.39 is 10.3 Å². The maximum absolute atomic E-state index is 13.1. The molecule has 0 amide bonds. The quantitative estimate of drug-likeness (QED) is 0.503. The monoisotopic (exact) mass is 487 g/mol. The molecule has 184 valence electrons. The fraction of sp³-hybridized carbons (Fsp3) is 0.417. The highest BCUT2D eigenvalue weighted by Gasteiger charge is 2.29. The second-order valence-corrected chi connectivity index (χ2v) is 11.6. The zero-order valence-corrected chi connectivity index (χ0v) is 21.5. The molecule has 10 heteroatoms. The van der Waals surface area contributed by atoms with Gasteiger partial charge in [0.2, 0.25) is 0 Å². The van der Waals surface area contributed by atoms with Crippen LogP contribution in [0.1, 0.15) is 59.6 Å². The molecule has 0 atom stereocenters. The molecular weight excluding hydrogens is 454 g/mol. The Labute approximate surface area is 201 Å². The number of nitrogens with two attached hydrogens (primary N) is 1. The summed E-state index contributed by atoms with van der Waals surface area (Å²) in [7, 11) is -4.27. The molecule has 2 aromatic carbocycles. The SMILES string of the molecule is CCN(c1ccc(N)cc1)S(=O)(=O)On1nncc1-c1cc(C(C)(C)C)c(O)c(C(C)(C)C)c1. The summed E-state index contributed by atoms with van der Waals surface area (Å²) in [5.74, 6) is 0.219. The minimum atomic E-state index is -4.27. The Kier molecular flexibility index (Phi) is 6.58. The minimum absolute atomic E-state index is 0.137. The van der Waals surface area contributed by atoms with Crippen LogP contribution in [0.15, 0.2) is 42.6 Å². The van der Waals surface area contributed by atoms with Gasteiger partial charge >= 0.3 is 10.3 Å². The van der Waals surface area contributed by atoms with Gasteiger partial charge in [-0.25, -0.2) is 4.31 Å². The van der Waals surface area contributed by atoms with Crippen molar-refractivity contribution in [3.05, 3.63) is 53.7 Å². The molecule has 0 fully saturated rings. The van der Waals surface area contributed by atoms with Crippen LogP contribution in [-0.4, -0.2) is 35.2 Å². The van der Waals surface area contributed by atoms with Crippen molar-refractivity contribution in [1.29, 1.82) is 0 Å². The maximum atomic E-state index is 13.1. The molecule has 3 aromatic rings. The van der Waals surface area contributed by atoms with Gasteiger partial charge in [0.1, 0.15) is 11.4 Å². The Morgan fingerprint density at radius 1 is 1.03 bits per heavy atom. The number of hydrogen-bond donors (Lipinski definition) is 2. The average Bonchev–Trinajstić information content (AvgIpc) is 3.15. The molecule has 3 rings (SSSR count).